The Hall–Kier alpha value is -3.04. The molecular weight excluding hydrogens is 415 g/mol. The summed E-state index contributed by atoms with van der Waals surface area (Å²) in [5.41, 5.74) is 0.644. The van der Waals surface area contributed by atoms with Crippen LogP contribution in [0.1, 0.15) is 19.8 Å². The fraction of sp³-hybridized carbons (Fsp3) is 0.300. The summed E-state index contributed by atoms with van der Waals surface area (Å²) < 4.78 is 13.7. The second-order valence-corrected chi connectivity index (χ2v) is 7.46. The zero-order chi connectivity index (χ0) is 21.8. The van der Waals surface area contributed by atoms with E-state index in [2.05, 4.69) is 10.6 Å². The van der Waals surface area contributed by atoms with Crippen molar-refractivity contribution in [3.63, 3.8) is 0 Å². The molecule has 2 aromatic carbocycles. The van der Waals surface area contributed by atoms with Crippen molar-refractivity contribution in [2.45, 2.75) is 31.8 Å². The van der Waals surface area contributed by atoms with E-state index < -0.39 is 16.8 Å². The topological polar surface area (TPSA) is 105 Å². The van der Waals surface area contributed by atoms with Crippen LogP contribution >= 0.6 is 11.6 Å². The SMILES string of the molecule is CC(CC(=O)Nc1cccc([N+](=O)[O-])c1)NC1CCN(c2ccc(Cl)c(F)c2)C1=O. The summed E-state index contributed by atoms with van der Waals surface area (Å²) in [6.07, 6.45) is 0.585. The molecule has 0 radical (unpaired) electrons. The van der Waals surface area contributed by atoms with Gasteiger partial charge in [0, 0.05) is 42.5 Å². The Kier molecular flexibility index (Phi) is 6.63. The second-order valence-electron chi connectivity index (χ2n) is 7.06. The highest BCUT2D eigenvalue weighted by Crippen LogP contribution is 2.26. The summed E-state index contributed by atoms with van der Waals surface area (Å²) in [6.45, 7) is 2.19. The fourth-order valence-electron chi connectivity index (χ4n) is 3.33. The number of rotatable bonds is 7. The molecule has 0 bridgehead atoms. The largest absolute Gasteiger partial charge is 0.326 e. The van der Waals surface area contributed by atoms with E-state index in [1.165, 1.54) is 35.2 Å². The minimum Gasteiger partial charge on any atom is -0.326 e. The quantitative estimate of drug-likeness (QED) is 0.512. The molecule has 0 spiro atoms. The van der Waals surface area contributed by atoms with Crippen molar-refractivity contribution in [1.29, 1.82) is 0 Å². The van der Waals surface area contributed by atoms with Gasteiger partial charge in [-0.05, 0) is 37.6 Å². The van der Waals surface area contributed by atoms with Gasteiger partial charge in [0.25, 0.3) is 5.69 Å². The molecule has 2 N–H and O–H groups in total. The Bertz CT molecular complexity index is 987. The lowest BCUT2D eigenvalue weighted by atomic mass is 10.1. The first-order chi connectivity index (χ1) is 14.2. The molecule has 2 atom stereocenters. The highest BCUT2D eigenvalue weighted by molar-refractivity contribution is 6.30. The Morgan fingerprint density at radius 2 is 2.13 bits per heavy atom. The predicted octanol–water partition coefficient (Wildman–Crippen LogP) is 3.50. The number of benzene rings is 2. The molecule has 10 heteroatoms. The number of hydrogen-bond donors (Lipinski definition) is 2. The first-order valence-corrected chi connectivity index (χ1v) is 9.69. The molecule has 2 amide bonds. The van der Waals surface area contributed by atoms with E-state index in [0.29, 0.717) is 24.3 Å². The van der Waals surface area contributed by atoms with E-state index in [0.717, 1.165) is 0 Å². The van der Waals surface area contributed by atoms with E-state index >= 15 is 0 Å². The van der Waals surface area contributed by atoms with E-state index in [1.54, 1.807) is 19.1 Å². The second kappa shape index (κ2) is 9.19. The normalized spacial score (nSPS) is 17.1. The first kappa shape index (κ1) is 21.7. The number of anilines is 2. The van der Waals surface area contributed by atoms with E-state index in [1.807, 2.05) is 0 Å². The van der Waals surface area contributed by atoms with Crippen molar-refractivity contribution in [3.05, 3.63) is 63.4 Å². The highest BCUT2D eigenvalue weighted by Gasteiger charge is 2.33. The number of carbonyl (C=O) groups excluding carboxylic acids is 2. The lowest BCUT2D eigenvalue weighted by Gasteiger charge is -2.20. The molecule has 2 aromatic rings. The maximum atomic E-state index is 13.7. The van der Waals surface area contributed by atoms with Gasteiger partial charge in [-0.1, -0.05) is 17.7 Å². The molecular formula is C20H20ClFN4O4. The predicted molar refractivity (Wildman–Crippen MR) is 111 cm³/mol. The minimum atomic E-state index is -0.593. The third-order valence-electron chi connectivity index (χ3n) is 4.74. The molecule has 30 heavy (non-hydrogen) atoms. The van der Waals surface area contributed by atoms with E-state index in [9.17, 15) is 24.1 Å². The van der Waals surface area contributed by atoms with Crippen molar-refractivity contribution >= 4 is 40.5 Å². The van der Waals surface area contributed by atoms with Crippen LogP contribution in [0.2, 0.25) is 5.02 Å². The molecule has 2 unspecified atom stereocenters. The van der Waals surface area contributed by atoms with Gasteiger partial charge >= 0.3 is 0 Å². The van der Waals surface area contributed by atoms with Crippen LogP contribution in [0.4, 0.5) is 21.5 Å². The molecule has 1 aliphatic heterocycles. The molecule has 0 aromatic heterocycles. The highest BCUT2D eigenvalue weighted by atomic mass is 35.5. The molecule has 158 valence electrons. The number of nitro groups is 1. The van der Waals surface area contributed by atoms with Crippen LogP contribution < -0.4 is 15.5 Å². The number of nitro benzene ring substituents is 1. The average Bonchev–Trinajstić information content (AvgIpc) is 3.04. The third kappa shape index (κ3) is 5.11. The van der Waals surface area contributed by atoms with Crippen LogP contribution in [0.15, 0.2) is 42.5 Å². The Morgan fingerprint density at radius 1 is 1.37 bits per heavy atom. The summed E-state index contributed by atoms with van der Waals surface area (Å²) >= 11 is 5.69. The van der Waals surface area contributed by atoms with Gasteiger partial charge in [-0.3, -0.25) is 19.7 Å². The summed E-state index contributed by atoms with van der Waals surface area (Å²) in [6, 6.07) is 9.06. The number of amides is 2. The van der Waals surface area contributed by atoms with Gasteiger partial charge in [0.2, 0.25) is 11.8 Å². The number of halogens is 2. The van der Waals surface area contributed by atoms with Crippen LogP contribution in [0.25, 0.3) is 0 Å². The molecule has 0 aliphatic carbocycles. The molecule has 1 aliphatic rings. The van der Waals surface area contributed by atoms with Gasteiger partial charge in [-0.2, -0.15) is 0 Å². The molecule has 1 saturated heterocycles. The van der Waals surface area contributed by atoms with Crippen LogP contribution in [0.5, 0.6) is 0 Å². The van der Waals surface area contributed by atoms with Gasteiger partial charge in [0.15, 0.2) is 0 Å². The Morgan fingerprint density at radius 3 is 2.83 bits per heavy atom. The van der Waals surface area contributed by atoms with Gasteiger partial charge < -0.3 is 15.5 Å². The zero-order valence-electron chi connectivity index (χ0n) is 16.1. The van der Waals surface area contributed by atoms with E-state index in [-0.39, 0.29) is 35.0 Å². The Balaban J connectivity index is 1.54. The van der Waals surface area contributed by atoms with Crippen molar-refractivity contribution in [1.82, 2.24) is 5.32 Å². The summed E-state index contributed by atoms with van der Waals surface area (Å²) in [7, 11) is 0. The monoisotopic (exact) mass is 434 g/mol. The fourth-order valence-corrected chi connectivity index (χ4v) is 3.45. The maximum Gasteiger partial charge on any atom is 0.271 e. The van der Waals surface area contributed by atoms with Crippen molar-refractivity contribution in [2.24, 2.45) is 0 Å². The maximum absolute atomic E-state index is 13.7. The van der Waals surface area contributed by atoms with Gasteiger partial charge in [0.1, 0.15) is 5.82 Å². The molecule has 8 nitrogen and oxygen atoms in total. The Labute approximate surface area is 177 Å². The lowest BCUT2D eigenvalue weighted by molar-refractivity contribution is -0.384. The standard InChI is InChI=1S/C20H20ClFN4O4/c1-12(9-19(27)24-13-3-2-4-15(10-13)26(29)30)23-18-7-8-25(20(18)28)14-5-6-16(21)17(22)11-14/h2-6,10-12,18,23H,7-9H2,1H3,(H,24,27). The summed E-state index contributed by atoms with van der Waals surface area (Å²) in [5.74, 6) is -1.13. The number of hydrogen-bond acceptors (Lipinski definition) is 5. The number of nitrogens with zero attached hydrogens (tertiary/aromatic N) is 2. The van der Waals surface area contributed by atoms with Gasteiger partial charge in [0.05, 0.1) is 16.0 Å². The summed E-state index contributed by atoms with van der Waals surface area (Å²) in [4.78, 5) is 36.7. The number of non-ortho nitro benzene ring substituents is 1. The van der Waals surface area contributed by atoms with Crippen LogP contribution in [0.3, 0.4) is 0 Å². The summed E-state index contributed by atoms with van der Waals surface area (Å²) in [5, 5.41) is 16.6. The smallest absolute Gasteiger partial charge is 0.271 e. The van der Waals surface area contributed by atoms with Crippen LogP contribution in [0, 0.1) is 15.9 Å². The van der Waals surface area contributed by atoms with Gasteiger partial charge in [-0.25, -0.2) is 4.39 Å². The number of nitrogens with one attached hydrogen (secondary N) is 2. The van der Waals surface area contributed by atoms with Crippen LogP contribution in [-0.2, 0) is 9.59 Å². The zero-order valence-corrected chi connectivity index (χ0v) is 16.9. The average molecular weight is 435 g/mol. The first-order valence-electron chi connectivity index (χ1n) is 9.31. The molecule has 1 fully saturated rings. The minimum absolute atomic E-state index is 0.0107. The van der Waals surface area contributed by atoms with Crippen molar-refractivity contribution in [2.75, 3.05) is 16.8 Å². The molecule has 3 rings (SSSR count). The van der Waals surface area contributed by atoms with Crippen molar-refractivity contribution in [3.8, 4) is 0 Å². The molecule has 1 heterocycles. The molecule has 0 saturated carbocycles. The number of carbonyl (C=O) groups is 2. The van der Waals surface area contributed by atoms with Crippen LogP contribution in [-0.4, -0.2) is 35.4 Å². The lowest BCUT2D eigenvalue weighted by Crippen LogP contribution is -2.43. The van der Waals surface area contributed by atoms with E-state index in [4.69, 9.17) is 11.6 Å². The third-order valence-corrected chi connectivity index (χ3v) is 5.04. The van der Waals surface area contributed by atoms with Crippen molar-refractivity contribution < 1.29 is 18.9 Å². The van der Waals surface area contributed by atoms with Gasteiger partial charge in [-0.15, -0.1) is 0 Å².